The maximum absolute atomic E-state index is 13.2. The number of para-hydroxylation sites is 1. The number of hydrazone groups is 1. The normalized spacial score (nSPS) is 11.3. The van der Waals surface area contributed by atoms with E-state index in [1.54, 1.807) is 19.1 Å². The largest absolute Gasteiger partial charge is 0.290 e. The number of hydrogen-bond donors (Lipinski definition) is 2. The van der Waals surface area contributed by atoms with Crippen LogP contribution in [0.4, 0.5) is 0 Å². The fraction of sp³-hybridized carbons (Fsp3) is 0.0435. The highest BCUT2D eigenvalue weighted by molar-refractivity contribution is 6.04. The number of aromatic nitrogens is 3. The van der Waals surface area contributed by atoms with Gasteiger partial charge in [0.05, 0.1) is 22.7 Å². The summed E-state index contributed by atoms with van der Waals surface area (Å²) in [6.07, 6.45) is 3.06. The zero-order valence-electron chi connectivity index (χ0n) is 16.2. The molecule has 7 heteroatoms. The fourth-order valence-electron chi connectivity index (χ4n) is 3.10. The number of hydrogen-bond acceptors (Lipinski definition) is 4. The summed E-state index contributed by atoms with van der Waals surface area (Å²) in [6.45, 7) is 1.69. The molecule has 2 aromatic carbocycles. The lowest BCUT2D eigenvalue weighted by Gasteiger charge is -2.04. The second-order valence-corrected chi connectivity index (χ2v) is 6.58. The Kier molecular flexibility index (Phi) is 5.34. The molecule has 148 valence electrons. The van der Waals surface area contributed by atoms with E-state index in [1.807, 2.05) is 60.7 Å². The van der Waals surface area contributed by atoms with Crippen LogP contribution < -0.4 is 11.0 Å². The van der Waals surface area contributed by atoms with Gasteiger partial charge in [0.1, 0.15) is 0 Å². The molecule has 0 unspecified atom stereocenters. The Balaban J connectivity index is 1.77. The van der Waals surface area contributed by atoms with E-state index in [9.17, 15) is 9.59 Å². The van der Waals surface area contributed by atoms with Crippen molar-refractivity contribution in [2.45, 2.75) is 6.92 Å². The van der Waals surface area contributed by atoms with Gasteiger partial charge >= 0.3 is 0 Å². The van der Waals surface area contributed by atoms with Crippen LogP contribution in [-0.4, -0.2) is 26.4 Å². The number of nitrogens with one attached hydrogen (secondary N) is 2. The van der Waals surface area contributed by atoms with Crippen molar-refractivity contribution in [3.63, 3.8) is 0 Å². The third-order valence-corrected chi connectivity index (χ3v) is 4.60. The Morgan fingerprint density at radius 3 is 2.27 bits per heavy atom. The first-order chi connectivity index (χ1) is 14.6. The second kappa shape index (κ2) is 8.40. The SMILES string of the molecule is C/C(=N\NC(=O)c1ccncc1)c1c(-c2ccccc2)[nH]n(-c2ccccc2)c1=O. The molecule has 30 heavy (non-hydrogen) atoms. The van der Waals surface area contributed by atoms with Crippen molar-refractivity contribution in [3.05, 3.63) is 107 Å². The molecule has 0 bridgehead atoms. The van der Waals surface area contributed by atoms with Gasteiger partial charge in [0.25, 0.3) is 11.5 Å². The van der Waals surface area contributed by atoms with Gasteiger partial charge in [0.15, 0.2) is 0 Å². The molecule has 0 saturated carbocycles. The number of aromatic amines is 1. The molecule has 2 aromatic heterocycles. The van der Waals surface area contributed by atoms with Crippen molar-refractivity contribution in [1.82, 2.24) is 20.2 Å². The molecule has 0 saturated heterocycles. The minimum absolute atomic E-state index is 0.250. The Bertz CT molecular complexity index is 1240. The van der Waals surface area contributed by atoms with E-state index in [-0.39, 0.29) is 11.5 Å². The molecule has 4 rings (SSSR count). The van der Waals surface area contributed by atoms with Gasteiger partial charge < -0.3 is 0 Å². The first kappa shape index (κ1) is 19.1. The number of pyridine rings is 1. The highest BCUT2D eigenvalue weighted by Gasteiger charge is 2.19. The first-order valence-electron chi connectivity index (χ1n) is 9.36. The smallest absolute Gasteiger partial charge is 0.281 e. The molecule has 2 heterocycles. The van der Waals surface area contributed by atoms with E-state index in [0.29, 0.717) is 28.2 Å². The summed E-state index contributed by atoms with van der Waals surface area (Å²) in [7, 11) is 0. The van der Waals surface area contributed by atoms with E-state index in [0.717, 1.165) is 5.56 Å². The summed E-state index contributed by atoms with van der Waals surface area (Å²) in [4.78, 5) is 29.5. The van der Waals surface area contributed by atoms with Crippen molar-refractivity contribution in [2.75, 3.05) is 0 Å². The van der Waals surface area contributed by atoms with E-state index in [1.165, 1.54) is 17.1 Å². The first-order valence-corrected chi connectivity index (χ1v) is 9.36. The van der Waals surface area contributed by atoms with Crippen LogP contribution in [0.15, 0.2) is 95.1 Å². The van der Waals surface area contributed by atoms with E-state index >= 15 is 0 Å². The van der Waals surface area contributed by atoms with Crippen molar-refractivity contribution in [3.8, 4) is 16.9 Å². The zero-order valence-corrected chi connectivity index (χ0v) is 16.2. The highest BCUT2D eigenvalue weighted by Crippen LogP contribution is 2.21. The highest BCUT2D eigenvalue weighted by atomic mass is 16.2. The second-order valence-electron chi connectivity index (χ2n) is 6.58. The summed E-state index contributed by atoms with van der Waals surface area (Å²) in [5.41, 5.74) is 5.65. The van der Waals surface area contributed by atoms with Crippen LogP contribution >= 0.6 is 0 Å². The summed E-state index contributed by atoms with van der Waals surface area (Å²) < 4.78 is 1.47. The van der Waals surface area contributed by atoms with Gasteiger partial charge in [-0.2, -0.15) is 5.10 Å². The molecular formula is C23H19N5O2. The van der Waals surface area contributed by atoms with Gasteiger partial charge in [-0.05, 0) is 31.2 Å². The number of rotatable bonds is 5. The number of benzene rings is 2. The van der Waals surface area contributed by atoms with E-state index in [4.69, 9.17) is 0 Å². The van der Waals surface area contributed by atoms with Crippen molar-refractivity contribution in [1.29, 1.82) is 0 Å². The topological polar surface area (TPSA) is 92.1 Å². The average molecular weight is 397 g/mol. The van der Waals surface area contributed by atoms with Crippen LogP contribution in [0.1, 0.15) is 22.8 Å². The van der Waals surface area contributed by atoms with E-state index in [2.05, 4.69) is 20.6 Å². The number of H-pyrrole nitrogens is 1. The molecule has 0 aliphatic heterocycles. The van der Waals surface area contributed by atoms with Crippen LogP contribution in [0.2, 0.25) is 0 Å². The Labute approximate surface area is 172 Å². The number of nitrogens with zero attached hydrogens (tertiary/aromatic N) is 3. The van der Waals surface area contributed by atoms with Gasteiger partial charge in [0.2, 0.25) is 0 Å². The predicted molar refractivity (Wildman–Crippen MR) is 116 cm³/mol. The Morgan fingerprint density at radius 2 is 1.60 bits per heavy atom. The van der Waals surface area contributed by atoms with Crippen LogP contribution in [0, 0.1) is 0 Å². The molecule has 1 amide bonds. The van der Waals surface area contributed by atoms with Gasteiger partial charge in [-0.1, -0.05) is 48.5 Å². The maximum Gasteiger partial charge on any atom is 0.281 e. The predicted octanol–water partition coefficient (Wildman–Crippen LogP) is 3.38. The molecule has 2 N–H and O–H groups in total. The Hall–Kier alpha value is -4.26. The van der Waals surface area contributed by atoms with Gasteiger partial charge in [0, 0.05) is 23.5 Å². The summed E-state index contributed by atoms with van der Waals surface area (Å²) in [5.74, 6) is -0.378. The lowest BCUT2D eigenvalue weighted by Crippen LogP contribution is -2.23. The summed E-state index contributed by atoms with van der Waals surface area (Å²) in [5, 5.41) is 7.37. The zero-order chi connectivity index (χ0) is 20.9. The third kappa shape index (κ3) is 3.81. The molecule has 0 fully saturated rings. The number of carbonyl (C=O) groups excluding carboxylic acids is 1. The number of amides is 1. The average Bonchev–Trinajstić information content (AvgIpc) is 3.16. The maximum atomic E-state index is 13.2. The van der Waals surface area contributed by atoms with Crippen LogP contribution in [0.25, 0.3) is 16.9 Å². The number of carbonyl (C=O) groups is 1. The molecule has 0 atom stereocenters. The fourth-order valence-corrected chi connectivity index (χ4v) is 3.10. The molecule has 7 nitrogen and oxygen atoms in total. The lowest BCUT2D eigenvalue weighted by atomic mass is 10.1. The third-order valence-electron chi connectivity index (χ3n) is 4.60. The lowest BCUT2D eigenvalue weighted by molar-refractivity contribution is 0.0954. The van der Waals surface area contributed by atoms with Gasteiger partial charge in [-0.3, -0.25) is 19.7 Å². The molecule has 4 aromatic rings. The minimum Gasteiger partial charge on any atom is -0.290 e. The van der Waals surface area contributed by atoms with Gasteiger partial charge in [-0.25, -0.2) is 10.1 Å². The van der Waals surface area contributed by atoms with Crippen LogP contribution in [0.3, 0.4) is 0 Å². The molecule has 0 aliphatic rings. The Morgan fingerprint density at radius 1 is 0.967 bits per heavy atom. The minimum atomic E-state index is -0.378. The van der Waals surface area contributed by atoms with Gasteiger partial charge in [-0.15, -0.1) is 0 Å². The van der Waals surface area contributed by atoms with Crippen LogP contribution in [-0.2, 0) is 0 Å². The molecule has 0 spiro atoms. The summed E-state index contributed by atoms with van der Waals surface area (Å²) in [6, 6.07) is 22.0. The molecule has 0 aliphatic carbocycles. The molecule has 0 radical (unpaired) electrons. The van der Waals surface area contributed by atoms with Crippen LogP contribution in [0.5, 0.6) is 0 Å². The van der Waals surface area contributed by atoms with Crippen molar-refractivity contribution in [2.24, 2.45) is 5.10 Å². The molecular weight excluding hydrogens is 378 g/mol. The standard InChI is InChI=1S/C23H19N5O2/c1-16(25-26-22(29)18-12-14-24-15-13-18)20-21(17-8-4-2-5-9-17)27-28(23(20)30)19-10-6-3-7-11-19/h2-15,27H,1H3,(H,26,29)/b25-16+. The summed E-state index contributed by atoms with van der Waals surface area (Å²) >= 11 is 0. The van der Waals surface area contributed by atoms with E-state index < -0.39 is 0 Å². The van der Waals surface area contributed by atoms with Crippen molar-refractivity contribution < 1.29 is 4.79 Å². The van der Waals surface area contributed by atoms with Crippen molar-refractivity contribution >= 4 is 11.6 Å². The monoisotopic (exact) mass is 397 g/mol. The quantitative estimate of drug-likeness (QED) is 0.399.